The molecule has 4 rings (SSSR count). The van der Waals surface area contributed by atoms with Gasteiger partial charge in [0.05, 0.1) is 15.9 Å². The number of hydrogen-bond acceptors (Lipinski definition) is 4. The van der Waals surface area contributed by atoms with E-state index in [4.69, 9.17) is 16.3 Å². The van der Waals surface area contributed by atoms with Crippen molar-refractivity contribution >= 4 is 44.7 Å². The lowest BCUT2D eigenvalue weighted by Crippen LogP contribution is -2.20. The molecule has 1 heterocycles. The standard InChI is InChI=1S/C24H21ClN2O2S/c1-15(2)16-7-10-18(11-8-16)29-14-23(28)26-20-12-9-17(25)13-19(20)24-27-21-5-3-4-6-22(21)30-24/h3-13,15H,14H2,1-2H3,(H,26,28). The van der Waals surface area contributed by atoms with Crippen molar-refractivity contribution in [2.75, 3.05) is 11.9 Å². The zero-order valence-electron chi connectivity index (χ0n) is 16.7. The lowest BCUT2D eigenvalue weighted by Gasteiger charge is -2.11. The Kier molecular flexibility index (Phi) is 6.02. The molecule has 1 N–H and O–H groups in total. The maximum Gasteiger partial charge on any atom is 0.262 e. The molecule has 3 aromatic carbocycles. The Morgan fingerprint density at radius 2 is 1.87 bits per heavy atom. The van der Waals surface area contributed by atoms with Crippen LogP contribution in [-0.4, -0.2) is 17.5 Å². The van der Waals surface area contributed by atoms with Gasteiger partial charge in [-0.25, -0.2) is 4.98 Å². The Morgan fingerprint density at radius 1 is 1.10 bits per heavy atom. The predicted octanol–water partition coefficient (Wildman–Crippen LogP) is 6.76. The van der Waals surface area contributed by atoms with Gasteiger partial charge in [0.1, 0.15) is 10.8 Å². The number of carbonyl (C=O) groups excluding carboxylic acids is 1. The monoisotopic (exact) mass is 436 g/mol. The number of thiazole rings is 1. The van der Waals surface area contributed by atoms with Crippen LogP contribution in [0.2, 0.25) is 5.02 Å². The summed E-state index contributed by atoms with van der Waals surface area (Å²) in [5, 5.41) is 4.32. The van der Waals surface area contributed by atoms with E-state index in [0.29, 0.717) is 22.4 Å². The minimum Gasteiger partial charge on any atom is -0.484 e. The van der Waals surface area contributed by atoms with Crippen LogP contribution in [0.5, 0.6) is 5.75 Å². The minimum absolute atomic E-state index is 0.0804. The first-order valence-electron chi connectivity index (χ1n) is 9.68. The molecule has 0 radical (unpaired) electrons. The fourth-order valence-corrected chi connectivity index (χ4v) is 4.24. The summed E-state index contributed by atoms with van der Waals surface area (Å²) >= 11 is 7.78. The van der Waals surface area contributed by atoms with Crippen LogP contribution in [0, 0.1) is 0 Å². The molecule has 0 saturated carbocycles. The molecule has 1 amide bonds. The third-order valence-electron chi connectivity index (χ3n) is 4.70. The number of para-hydroxylation sites is 1. The second-order valence-corrected chi connectivity index (χ2v) is 8.70. The van der Waals surface area contributed by atoms with Crippen LogP contribution in [0.15, 0.2) is 66.7 Å². The summed E-state index contributed by atoms with van der Waals surface area (Å²) < 4.78 is 6.72. The number of carbonyl (C=O) groups is 1. The Hall–Kier alpha value is -2.89. The maximum absolute atomic E-state index is 12.5. The van der Waals surface area contributed by atoms with E-state index in [1.165, 1.54) is 5.56 Å². The van der Waals surface area contributed by atoms with Gasteiger partial charge in [0, 0.05) is 10.6 Å². The number of benzene rings is 3. The van der Waals surface area contributed by atoms with Crippen molar-refractivity contribution in [2.45, 2.75) is 19.8 Å². The summed E-state index contributed by atoms with van der Waals surface area (Å²) in [4.78, 5) is 17.2. The highest BCUT2D eigenvalue weighted by atomic mass is 35.5. The Labute approximate surface area is 184 Å². The fourth-order valence-electron chi connectivity index (χ4n) is 3.07. The van der Waals surface area contributed by atoms with Gasteiger partial charge in [0.25, 0.3) is 5.91 Å². The van der Waals surface area contributed by atoms with Gasteiger partial charge in [-0.1, -0.05) is 49.7 Å². The van der Waals surface area contributed by atoms with Crippen LogP contribution in [0.3, 0.4) is 0 Å². The van der Waals surface area contributed by atoms with Crippen molar-refractivity contribution < 1.29 is 9.53 Å². The highest BCUT2D eigenvalue weighted by Crippen LogP contribution is 2.36. The molecule has 0 aliphatic heterocycles. The van der Waals surface area contributed by atoms with Crippen molar-refractivity contribution in [3.8, 4) is 16.3 Å². The van der Waals surface area contributed by atoms with Crippen LogP contribution < -0.4 is 10.1 Å². The largest absolute Gasteiger partial charge is 0.484 e. The van der Waals surface area contributed by atoms with Crippen molar-refractivity contribution in [1.82, 2.24) is 4.98 Å². The van der Waals surface area contributed by atoms with E-state index in [-0.39, 0.29) is 12.5 Å². The van der Waals surface area contributed by atoms with Gasteiger partial charge in [0.2, 0.25) is 0 Å². The molecular formula is C24H21ClN2O2S. The fraction of sp³-hybridized carbons (Fsp3) is 0.167. The van der Waals surface area contributed by atoms with Crippen LogP contribution in [-0.2, 0) is 4.79 Å². The number of hydrogen-bond donors (Lipinski definition) is 1. The van der Waals surface area contributed by atoms with Gasteiger partial charge < -0.3 is 10.1 Å². The highest BCUT2D eigenvalue weighted by Gasteiger charge is 2.14. The van der Waals surface area contributed by atoms with Crippen molar-refractivity contribution in [3.63, 3.8) is 0 Å². The van der Waals surface area contributed by atoms with Crippen LogP contribution in [0.1, 0.15) is 25.3 Å². The predicted molar refractivity (Wildman–Crippen MR) is 125 cm³/mol. The molecule has 6 heteroatoms. The molecule has 0 fully saturated rings. The van der Waals surface area contributed by atoms with E-state index >= 15 is 0 Å². The summed E-state index contributed by atoms with van der Waals surface area (Å²) in [5.74, 6) is 0.873. The number of anilines is 1. The molecule has 0 saturated heterocycles. The second-order valence-electron chi connectivity index (χ2n) is 7.24. The molecular weight excluding hydrogens is 416 g/mol. The third-order valence-corrected chi connectivity index (χ3v) is 6.00. The smallest absolute Gasteiger partial charge is 0.262 e. The average Bonchev–Trinajstić information content (AvgIpc) is 3.18. The SMILES string of the molecule is CC(C)c1ccc(OCC(=O)Nc2ccc(Cl)cc2-c2nc3ccccc3s2)cc1. The van der Waals surface area contributed by atoms with Gasteiger partial charge in [-0.3, -0.25) is 4.79 Å². The van der Waals surface area contributed by atoms with Crippen molar-refractivity contribution in [2.24, 2.45) is 0 Å². The minimum atomic E-state index is -0.243. The molecule has 1 aromatic heterocycles. The van der Waals surface area contributed by atoms with E-state index in [1.54, 1.807) is 23.5 Å². The number of fused-ring (bicyclic) bond motifs is 1. The summed E-state index contributed by atoms with van der Waals surface area (Å²) in [6, 6.07) is 21.1. The van der Waals surface area contributed by atoms with Gasteiger partial charge >= 0.3 is 0 Å². The average molecular weight is 437 g/mol. The Bertz CT molecular complexity index is 1150. The van der Waals surface area contributed by atoms with Crippen LogP contribution in [0.25, 0.3) is 20.8 Å². The second kappa shape index (κ2) is 8.86. The zero-order valence-corrected chi connectivity index (χ0v) is 18.3. The Morgan fingerprint density at radius 3 is 2.60 bits per heavy atom. The van der Waals surface area contributed by atoms with E-state index in [0.717, 1.165) is 20.8 Å². The molecule has 30 heavy (non-hydrogen) atoms. The number of ether oxygens (including phenoxy) is 1. The van der Waals surface area contributed by atoms with Crippen molar-refractivity contribution in [3.05, 3.63) is 77.3 Å². The molecule has 0 bridgehead atoms. The number of nitrogens with zero attached hydrogens (tertiary/aromatic N) is 1. The molecule has 0 spiro atoms. The summed E-state index contributed by atoms with van der Waals surface area (Å²) in [5.41, 5.74) is 3.59. The molecule has 4 nitrogen and oxygen atoms in total. The number of aromatic nitrogens is 1. The van der Waals surface area contributed by atoms with E-state index < -0.39 is 0 Å². The van der Waals surface area contributed by atoms with Crippen LogP contribution >= 0.6 is 22.9 Å². The molecule has 4 aromatic rings. The topological polar surface area (TPSA) is 51.2 Å². The van der Waals surface area contributed by atoms with E-state index in [1.807, 2.05) is 54.6 Å². The molecule has 0 unspecified atom stereocenters. The first-order valence-corrected chi connectivity index (χ1v) is 10.9. The van der Waals surface area contributed by atoms with Crippen LogP contribution in [0.4, 0.5) is 5.69 Å². The number of amides is 1. The zero-order chi connectivity index (χ0) is 21.1. The number of nitrogens with one attached hydrogen (secondary N) is 1. The van der Waals surface area contributed by atoms with Gasteiger partial charge in [-0.05, 0) is 53.9 Å². The lowest BCUT2D eigenvalue weighted by molar-refractivity contribution is -0.118. The van der Waals surface area contributed by atoms with Gasteiger partial charge in [-0.15, -0.1) is 11.3 Å². The van der Waals surface area contributed by atoms with Gasteiger partial charge in [-0.2, -0.15) is 0 Å². The normalized spacial score (nSPS) is 11.1. The third kappa shape index (κ3) is 4.64. The highest BCUT2D eigenvalue weighted by molar-refractivity contribution is 7.21. The van der Waals surface area contributed by atoms with Crippen molar-refractivity contribution in [1.29, 1.82) is 0 Å². The molecule has 152 valence electrons. The summed E-state index contributed by atoms with van der Waals surface area (Å²) in [6.07, 6.45) is 0. The number of halogens is 1. The van der Waals surface area contributed by atoms with E-state index in [2.05, 4.69) is 24.1 Å². The summed E-state index contributed by atoms with van der Waals surface area (Å²) in [7, 11) is 0. The first kappa shape index (κ1) is 20.4. The molecule has 0 aliphatic carbocycles. The Balaban J connectivity index is 1.49. The van der Waals surface area contributed by atoms with E-state index in [9.17, 15) is 4.79 Å². The molecule has 0 atom stereocenters. The van der Waals surface area contributed by atoms with Gasteiger partial charge in [0.15, 0.2) is 6.61 Å². The number of rotatable bonds is 6. The first-order chi connectivity index (χ1) is 14.5. The molecule has 0 aliphatic rings. The quantitative estimate of drug-likeness (QED) is 0.363. The summed E-state index contributed by atoms with van der Waals surface area (Å²) in [6.45, 7) is 4.19. The lowest BCUT2D eigenvalue weighted by atomic mass is 10.0. The maximum atomic E-state index is 12.5.